The quantitative estimate of drug-likeness (QED) is 0.0391. The molecule has 0 spiro atoms. The molecule has 0 aliphatic heterocycles. The predicted octanol–water partition coefficient (Wildman–Crippen LogP) is 11.4. The van der Waals surface area contributed by atoms with Gasteiger partial charge in [0.05, 0.1) is 13.2 Å². The maximum atomic E-state index is 14.6. The highest BCUT2D eigenvalue weighted by Gasteiger charge is 2.41. The number of carbonyl (C=O) groups is 1. The van der Waals surface area contributed by atoms with Crippen LogP contribution < -0.4 is 0 Å². The summed E-state index contributed by atoms with van der Waals surface area (Å²) in [5, 5.41) is 20.3. The van der Waals surface area contributed by atoms with Crippen LogP contribution in [0.4, 0.5) is 0 Å². The molecule has 4 aromatic carbocycles. The Kier molecular flexibility index (Phi) is 18.2. The minimum Gasteiger partial charge on any atom is -0.394 e. The number of aliphatic hydroxyl groups is 2. The van der Waals surface area contributed by atoms with E-state index in [0.29, 0.717) is 11.1 Å². The van der Waals surface area contributed by atoms with E-state index in [0.717, 1.165) is 41.5 Å². The van der Waals surface area contributed by atoms with Gasteiger partial charge in [0.25, 0.3) is 0 Å². The molecule has 1 atom stereocenters. The maximum Gasteiger partial charge on any atom is 0.193 e. The van der Waals surface area contributed by atoms with E-state index in [1.807, 2.05) is 103 Å². The number of carbonyl (C=O) groups excluding carboxylic acids is 1. The lowest BCUT2D eigenvalue weighted by Gasteiger charge is -2.38. The van der Waals surface area contributed by atoms with Gasteiger partial charge >= 0.3 is 0 Å². The summed E-state index contributed by atoms with van der Waals surface area (Å²) in [6, 6.07) is 35.5. The first-order chi connectivity index (χ1) is 25.1. The summed E-state index contributed by atoms with van der Waals surface area (Å²) in [5.41, 5.74) is 3.52. The minimum absolute atomic E-state index is 0.0414. The Morgan fingerprint density at radius 3 is 1.51 bits per heavy atom. The molecule has 4 aromatic rings. The fraction of sp³-hybridized carbons (Fsp3) is 0.468. The molecule has 0 amide bonds. The highest BCUT2D eigenvalue weighted by atomic mass is 16.5. The average molecular weight is 691 g/mol. The fourth-order valence-corrected chi connectivity index (χ4v) is 7.31. The molecule has 0 aromatic heterocycles. The second-order valence-electron chi connectivity index (χ2n) is 14.1. The first kappa shape index (κ1) is 40.2. The van der Waals surface area contributed by atoms with Crippen molar-refractivity contribution in [2.24, 2.45) is 0 Å². The van der Waals surface area contributed by atoms with Crippen molar-refractivity contribution in [3.05, 3.63) is 143 Å². The summed E-state index contributed by atoms with van der Waals surface area (Å²) in [6.45, 7) is 1.75. The Morgan fingerprint density at radius 2 is 1.04 bits per heavy atom. The van der Waals surface area contributed by atoms with Crippen molar-refractivity contribution in [2.45, 2.75) is 128 Å². The monoisotopic (exact) mass is 690 g/mol. The summed E-state index contributed by atoms with van der Waals surface area (Å²) in [5.74, 6) is -0.0414. The SMILES string of the molecule is CCCCCCCCCCCCCCCCCCc1cccc(C(OCC(O)CO)(c2ccccc2)c2ccccc2)c1C(=O)c1ccccc1. The van der Waals surface area contributed by atoms with E-state index in [2.05, 4.69) is 13.0 Å². The van der Waals surface area contributed by atoms with E-state index in [9.17, 15) is 15.0 Å². The van der Waals surface area contributed by atoms with Gasteiger partial charge in [-0.25, -0.2) is 0 Å². The molecule has 0 aliphatic carbocycles. The van der Waals surface area contributed by atoms with Crippen molar-refractivity contribution < 1.29 is 19.7 Å². The molecule has 2 N–H and O–H groups in total. The topological polar surface area (TPSA) is 66.8 Å². The van der Waals surface area contributed by atoms with Crippen LogP contribution in [0.2, 0.25) is 0 Å². The van der Waals surface area contributed by atoms with Crippen LogP contribution in [0.15, 0.2) is 109 Å². The van der Waals surface area contributed by atoms with Crippen LogP contribution in [-0.2, 0) is 16.8 Å². The molecule has 274 valence electrons. The largest absolute Gasteiger partial charge is 0.394 e. The zero-order valence-electron chi connectivity index (χ0n) is 31.1. The first-order valence-corrected chi connectivity index (χ1v) is 19.9. The van der Waals surface area contributed by atoms with Gasteiger partial charge in [0.15, 0.2) is 5.78 Å². The number of rotatable bonds is 26. The molecule has 0 heterocycles. The number of aryl methyl sites for hydroxylation is 1. The number of aliphatic hydroxyl groups excluding tert-OH is 2. The minimum atomic E-state index is -1.21. The van der Waals surface area contributed by atoms with Crippen LogP contribution in [-0.4, -0.2) is 35.3 Å². The van der Waals surface area contributed by atoms with Crippen molar-refractivity contribution in [3.8, 4) is 0 Å². The summed E-state index contributed by atoms with van der Waals surface area (Å²) >= 11 is 0. The number of ketones is 1. The van der Waals surface area contributed by atoms with Gasteiger partial charge in [0.1, 0.15) is 11.7 Å². The molecule has 4 heteroatoms. The highest BCUT2D eigenvalue weighted by Crippen LogP contribution is 2.43. The molecule has 0 saturated carbocycles. The van der Waals surface area contributed by atoms with Gasteiger partial charge in [0, 0.05) is 16.7 Å². The zero-order chi connectivity index (χ0) is 36.0. The van der Waals surface area contributed by atoms with Gasteiger partial charge in [-0.1, -0.05) is 212 Å². The Morgan fingerprint density at radius 1 is 0.588 bits per heavy atom. The average Bonchev–Trinajstić information content (AvgIpc) is 3.18. The summed E-state index contributed by atoms with van der Waals surface area (Å²) < 4.78 is 6.80. The number of hydrogen-bond acceptors (Lipinski definition) is 4. The Balaban J connectivity index is 1.49. The highest BCUT2D eigenvalue weighted by molar-refractivity contribution is 6.11. The van der Waals surface area contributed by atoms with Gasteiger partial charge in [-0.05, 0) is 29.5 Å². The van der Waals surface area contributed by atoms with Gasteiger partial charge in [-0.3, -0.25) is 4.79 Å². The zero-order valence-corrected chi connectivity index (χ0v) is 31.1. The Bertz CT molecular complexity index is 1460. The number of hydrogen-bond donors (Lipinski definition) is 2. The van der Waals surface area contributed by atoms with E-state index in [1.165, 1.54) is 89.9 Å². The second kappa shape index (κ2) is 23.1. The van der Waals surface area contributed by atoms with Crippen LogP contribution in [0.5, 0.6) is 0 Å². The molecular formula is C47H62O4. The van der Waals surface area contributed by atoms with E-state index in [4.69, 9.17) is 4.74 Å². The van der Waals surface area contributed by atoms with Gasteiger partial charge in [0.2, 0.25) is 0 Å². The van der Waals surface area contributed by atoms with Crippen LogP contribution >= 0.6 is 0 Å². The van der Waals surface area contributed by atoms with E-state index in [1.54, 1.807) is 0 Å². The summed E-state index contributed by atoms with van der Waals surface area (Å²) in [4.78, 5) is 14.6. The van der Waals surface area contributed by atoms with Crippen LogP contribution in [0.1, 0.15) is 148 Å². The summed E-state index contributed by atoms with van der Waals surface area (Å²) in [7, 11) is 0. The molecule has 0 radical (unpaired) electrons. The maximum absolute atomic E-state index is 14.6. The van der Waals surface area contributed by atoms with E-state index < -0.39 is 18.3 Å². The molecule has 4 nitrogen and oxygen atoms in total. The van der Waals surface area contributed by atoms with Gasteiger partial charge in [-0.15, -0.1) is 0 Å². The van der Waals surface area contributed by atoms with Crippen molar-refractivity contribution >= 4 is 5.78 Å². The third-order valence-electron chi connectivity index (χ3n) is 10.2. The lowest BCUT2D eigenvalue weighted by molar-refractivity contribution is -0.0526. The molecular weight excluding hydrogens is 629 g/mol. The van der Waals surface area contributed by atoms with Crippen molar-refractivity contribution in [1.29, 1.82) is 0 Å². The lowest BCUT2D eigenvalue weighted by atomic mass is 9.75. The Labute approximate surface area is 308 Å². The third kappa shape index (κ3) is 12.3. The molecule has 1 unspecified atom stereocenters. The molecule has 51 heavy (non-hydrogen) atoms. The normalized spacial score (nSPS) is 12.2. The van der Waals surface area contributed by atoms with E-state index in [-0.39, 0.29) is 12.4 Å². The van der Waals surface area contributed by atoms with Crippen molar-refractivity contribution in [1.82, 2.24) is 0 Å². The number of ether oxygens (including phenoxy) is 1. The molecule has 0 aliphatic rings. The van der Waals surface area contributed by atoms with Crippen LogP contribution in [0, 0.1) is 0 Å². The lowest BCUT2D eigenvalue weighted by Crippen LogP contribution is -2.38. The van der Waals surface area contributed by atoms with E-state index >= 15 is 0 Å². The smallest absolute Gasteiger partial charge is 0.193 e. The van der Waals surface area contributed by atoms with Crippen LogP contribution in [0.25, 0.3) is 0 Å². The van der Waals surface area contributed by atoms with Crippen molar-refractivity contribution in [3.63, 3.8) is 0 Å². The predicted molar refractivity (Wildman–Crippen MR) is 211 cm³/mol. The molecule has 0 fully saturated rings. The number of benzene rings is 4. The van der Waals surface area contributed by atoms with Gasteiger partial charge in [-0.2, -0.15) is 0 Å². The van der Waals surface area contributed by atoms with Gasteiger partial charge < -0.3 is 14.9 Å². The van der Waals surface area contributed by atoms with Crippen molar-refractivity contribution in [2.75, 3.05) is 13.2 Å². The molecule has 4 rings (SSSR count). The molecule has 0 saturated heterocycles. The standard InChI is InChI=1S/C47H62O4/c1-2-3-4-5-6-7-8-9-10-11-12-13-14-15-16-20-28-39-31-27-36-44(45(39)46(50)40-29-21-17-22-30-40)47(51-38-43(49)37-48,41-32-23-18-24-33-41)42-34-25-19-26-35-42/h17-19,21-27,29-36,43,48-49H,2-16,20,28,37-38H2,1H3. The first-order valence-electron chi connectivity index (χ1n) is 19.9. The third-order valence-corrected chi connectivity index (χ3v) is 10.2. The molecule has 0 bridgehead atoms. The Hall–Kier alpha value is -3.57. The summed E-state index contributed by atoms with van der Waals surface area (Å²) in [6.07, 6.45) is 20.8. The second-order valence-corrected chi connectivity index (χ2v) is 14.1. The van der Waals surface area contributed by atoms with Crippen LogP contribution in [0.3, 0.4) is 0 Å². The fourth-order valence-electron chi connectivity index (χ4n) is 7.31. The number of unbranched alkanes of at least 4 members (excludes halogenated alkanes) is 15.